The van der Waals surface area contributed by atoms with Gasteiger partial charge in [0.2, 0.25) is 10.0 Å². The lowest BCUT2D eigenvalue weighted by Crippen LogP contribution is -2.32. The average Bonchev–Trinajstić information content (AvgIpc) is 2.72. The zero-order valence-electron chi connectivity index (χ0n) is 16.6. The van der Waals surface area contributed by atoms with Gasteiger partial charge in [-0.2, -0.15) is 4.31 Å². The second kappa shape index (κ2) is 10.2. The quantitative estimate of drug-likeness (QED) is 0.658. The van der Waals surface area contributed by atoms with E-state index in [0.29, 0.717) is 25.2 Å². The molecule has 0 atom stereocenters. The Balaban J connectivity index is 2.04. The SMILES string of the molecule is CCCN(CCC)S(=O)(=O)c1ccc(C(=O)NCc2ccc(OC)cc2)cc1. The van der Waals surface area contributed by atoms with Gasteiger partial charge in [-0.25, -0.2) is 8.42 Å². The minimum absolute atomic E-state index is 0.209. The number of rotatable bonds is 10. The lowest BCUT2D eigenvalue weighted by atomic mass is 10.2. The highest BCUT2D eigenvalue weighted by Crippen LogP contribution is 2.17. The molecule has 0 unspecified atom stereocenters. The van der Waals surface area contributed by atoms with E-state index in [9.17, 15) is 13.2 Å². The number of benzene rings is 2. The van der Waals surface area contributed by atoms with Crippen molar-refractivity contribution >= 4 is 15.9 Å². The molecule has 7 heteroatoms. The Morgan fingerprint density at radius 3 is 2.04 bits per heavy atom. The van der Waals surface area contributed by atoms with Crippen LogP contribution >= 0.6 is 0 Å². The van der Waals surface area contributed by atoms with Gasteiger partial charge in [-0.15, -0.1) is 0 Å². The van der Waals surface area contributed by atoms with Crippen LogP contribution in [-0.2, 0) is 16.6 Å². The second-order valence-corrected chi connectivity index (χ2v) is 8.40. The molecule has 0 heterocycles. The zero-order valence-corrected chi connectivity index (χ0v) is 17.5. The van der Waals surface area contributed by atoms with Crippen LogP contribution in [0.5, 0.6) is 5.75 Å². The summed E-state index contributed by atoms with van der Waals surface area (Å²) in [5.41, 5.74) is 1.37. The number of amides is 1. The smallest absolute Gasteiger partial charge is 0.251 e. The molecule has 0 fully saturated rings. The Bertz CT molecular complexity index is 856. The van der Waals surface area contributed by atoms with E-state index in [-0.39, 0.29) is 10.8 Å². The van der Waals surface area contributed by atoms with Gasteiger partial charge in [-0.3, -0.25) is 4.79 Å². The number of carbonyl (C=O) groups is 1. The van der Waals surface area contributed by atoms with Gasteiger partial charge in [-0.1, -0.05) is 26.0 Å². The molecule has 1 N–H and O–H groups in total. The second-order valence-electron chi connectivity index (χ2n) is 6.46. The van der Waals surface area contributed by atoms with Crippen LogP contribution in [0, 0.1) is 0 Å². The maximum atomic E-state index is 12.8. The summed E-state index contributed by atoms with van der Waals surface area (Å²) in [6.07, 6.45) is 1.51. The van der Waals surface area contributed by atoms with E-state index in [0.717, 1.165) is 24.2 Å². The molecule has 0 bridgehead atoms. The van der Waals surface area contributed by atoms with Crippen molar-refractivity contribution in [3.8, 4) is 5.75 Å². The third-order valence-electron chi connectivity index (χ3n) is 4.31. The molecule has 28 heavy (non-hydrogen) atoms. The third-order valence-corrected chi connectivity index (χ3v) is 6.23. The molecule has 0 aromatic heterocycles. The maximum Gasteiger partial charge on any atom is 0.251 e. The number of methoxy groups -OCH3 is 1. The number of hydrogen-bond acceptors (Lipinski definition) is 4. The summed E-state index contributed by atoms with van der Waals surface area (Å²) >= 11 is 0. The molecule has 0 aliphatic rings. The minimum Gasteiger partial charge on any atom is -0.497 e. The van der Waals surface area contributed by atoms with Crippen molar-refractivity contribution in [3.63, 3.8) is 0 Å². The summed E-state index contributed by atoms with van der Waals surface area (Å²) in [5, 5.41) is 2.83. The Hall–Kier alpha value is -2.38. The van der Waals surface area contributed by atoms with Crippen molar-refractivity contribution in [2.24, 2.45) is 0 Å². The highest BCUT2D eigenvalue weighted by molar-refractivity contribution is 7.89. The molecule has 0 radical (unpaired) electrons. The van der Waals surface area contributed by atoms with Crippen molar-refractivity contribution in [3.05, 3.63) is 59.7 Å². The number of nitrogens with one attached hydrogen (secondary N) is 1. The summed E-state index contributed by atoms with van der Waals surface area (Å²) in [4.78, 5) is 12.6. The molecule has 0 saturated carbocycles. The molecule has 0 aliphatic heterocycles. The molecular formula is C21H28N2O4S. The number of sulfonamides is 1. The Morgan fingerprint density at radius 1 is 0.964 bits per heavy atom. The maximum absolute atomic E-state index is 12.8. The van der Waals surface area contributed by atoms with Crippen molar-refractivity contribution < 1.29 is 17.9 Å². The van der Waals surface area contributed by atoms with E-state index in [1.54, 1.807) is 19.2 Å². The average molecular weight is 405 g/mol. The van der Waals surface area contributed by atoms with E-state index >= 15 is 0 Å². The number of nitrogens with zero attached hydrogens (tertiary/aromatic N) is 1. The van der Waals surface area contributed by atoms with E-state index in [2.05, 4.69) is 5.32 Å². The highest BCUT2D eigenvalue weighted by atomic mass is 32.2. The van der Waals surface area contributed by atoms with Crippen LogP contribution in [0.2, 0.25) is 0 Å². The minimum atomic E-state index is -3.54. The van der Waals surface area contributed by atoms with E-state index in [1.807, 2.05) is 38.1 Å². The summed E-state index contributed by atoms with van der Waals surface area (Å²) in [6, 6.07) is 13.5. The molecule has 2 rings (SSSR count). The Labute approximate surface area is 167 Å². The summed E-state index contributed by atoms with van der Waals surface area (Å²) in [6.45, 7) is 5.26. The van der Waals surface area contributed by atoms with Gasteiger partial charge in [0.15, 0.2) is 0 Å². The topological polar surface area (TPSA) is 75.7 Å². The molecule has 0 saturated heterocycles. The van der Waals surface area contributed by atoms with E-state index in [4.69, 9.17) is 4.74 Å². The molecule has 0 spiro atoms. The molecule has 6 nitrogen and oxygen atoms in total. The van der Waals surface area contributed by atoms with E-state index in [1.165, 1.54) is 16.4 Å². The van der Waals surface area contributed by atoms with E-state index < -0.39 is 10.0 Å². The molecule has 2 aromatic carbocycles. The van der Waals surface area contributed by atoms with Crippen LogP contribution in [-0.4, -0.2) is 38.8 Å². The van der Waals surface area contributed by atoms with Crippen molar-refractivity contribution in [2.75, 3.05) is 20.2 Å². The molecule has 1 amide bonds. The monoisotopic (exact) mass is 404 g/mol. The van der Waals surface area contributed by atoms with Gasteiger partial charge in [0, 0.05) is 25.2 Å². The molecular weight excluding hydrogens is 376 g/mol. The molecule has 0 aliphatic carbocycles. The van der Waals surface area contributed by atoms with Crippen LogP contribution in [0.15, 0.2) is 53.4 Å². The molecule has 152 valence electrons. The normalized spacial score (nSPS) is 11.4. The summed E-state index contributed by atoms with van der Waals surface area (Å²) in [5.74, 6) is 0.505. The number of hydrogen-bond donors (Lipinski definition) is 1. The third kappa shape index (κ3) is 5.56. The largest absolute Gasteiger partial charge is 0.497 e. The standard InChI is InChI=1S/C21H28N2O4S/c1-4-14-23(15-5-2)28(25,26)20-12-8-18(9-13-20)21(24)22-16-17-6-10-19(27-3)11-7-17/h6-13H,4-5,14-16H2,1-3H3,(H,22,24). The highest BCUT2D eigenvalue weighted by Gasteiger charge is 2.23. The molecule has 2 aromatic rings. The first-order chi connectivity index (χ1) is 13.4. The van der Waals surface area contributed by atoms with Crippen LogP contribution in [0.1, 0.15) is 42.6 Å². The van der Waals surface area contributed by atoms with Gasteiger partial charge >= 0.3 is 0 Å². The first kappa shape index (κ1) is 21.9. The fourth-order valence-corrected chi connectivity index (χ4v) is 4.43. The van der Waals surface area contributed by atoms with Gasteiger partial charge in [0.05, 0.1) is 12.0 Å². The van der Waals surface area contributed by atoms with Gasteiger partial charge in [0.1, 0.15) is 5.75 Å². The van der Waals surface area contributed by atoms with Gasteiger partial charge in [-0.05, 0) is 54.8 Å². The van der Waals surface area contributed by atoms with Gasteiger partial charge in [0.25, 0.3) is 5.91 Å². The fourth-order valence-electron chi connectivity index (χ4n) is 2.81. The number of ether oxygens (including phenoxy) is 1. The van der Waals surface area contributed by atoms with Crippen LogP contribution < -0.4 is 10.1 Å². The predicted molar refractivity (Wildman–Crippen MR) is 110 cm³/mol. The Morgan fingerprint density at radius 2 is 1.54 bits per heavy atom. The first-order valence-corrected chi connectivity index (χ1v) is 10.9. The van der Waals surface area contributed by atoms with Crippen LogP contribution in [0.3, 0.4) is 0 Å². The first-order valence-electron chi connectivity index (χ1n) is 9.43. The predicted octanol–water partition coefficient (Wildman–Crippen LogP) is 3.44. The fraction of sp³-hybridized carbons (Fsp3) is 0.381. The van der Waals surface area contributed by atoms with Gasteiger partial charge < -0.3 is 10.1 Å². The number of carbonyl (C=O) groups excluding carboxylic acids is 1. The summed E-state index contributed by atoms with van der Waals surface area (Å²) < 4.78 is 32.1. The van der Waals surface area contributed by atoms with Crippen LogP contribution in [0.4, 0.5) is 0 Å². The Kier molecular flexibility index (Phi) is 8.02. The summed E-state index contributed by atoms with van der Waals surface area (Å²) in [7, 11) is -1.94. The van der Waals surface area contributed by atoms with Crippen molar-refractivity contribution in [1.82, 2.24) is 9.62 Å². The van der Waals surface area contributed by atoms with Crippen LogP contribution in [0.25, 0.3) is 0 Å². The van der Waals surface area contributed by atoms with Crippen molar-refractivity contribution in [1.29, 1.82) is 0 Å². The van der Waals surface area contributed by atoms with Crippen molar-refractivity contribution in [2.45, 2.75) is 38.1 Å². The lowest BCUT2D eigenvalue weighted by molar-refractivity contribution is 0.0951. The zero-order chi connectivity index (χ0) is 20.6. The lowest BCUT2D eigenvalue weighted by Gasteiger charge is -2.21.